The maximum absolute atomic E-state index is 10.2. The summed E-state index contributed by atoms with van der Waals surface area (Å²) >= 11 is 0. The van der Waals surface area contributed by atoms with Crippen molar-refractivity contribution in [2.45, 2.75) is 81.4 Å². The quantitative estimate of drug-likeness (QED) is 0.0633. The molecule has 26 nitrogen and oxygen atoms in total. The number of carbonyl (C=O) groups excluding carboxylic acids is 4. The Morgan fingerprint density at radius 2 is 0.544 bits per heavy atom. The number of aliphatic hydroxyl groups excluding tert-OH is 4. The van der Waals surface area contributed by atoms with Crippen molar-refractivity contribution in [2.24, 2.45) is 0 Å². The summed E-state index contributed by atoms with van der Waals surface area (Å²) in [7, 11) is -7.89. The van der Waals surface area contributed by atoms with Gasteiger partial charge in [-0.05, 0) is 92.0 Å². The van der Waals surface area contributed by atoms with E-state index in [4.69, 9.17) is 57.7 Å². The number of hydrogen-bond acceptors (Lipinski definition) is 26. The number of ketones is 4. The van der Waals surface area contributed by atoms with Crippen LogP contribution in [0.2, 0.25) is 0 Å². The minimum Gasteiger partial charge on any atom is -0.876 e. The van der Waals surface area contributed by atoms with Crippen LogP contribution in [0.4, 0.5) is 0 Å². The van der Waals surface area contributed by atoms with Gasteiger partial charge in [0.15, 0.2) is 23.1 Å². The number of carbonyl (C=O) groups is 4. The third kappa shape index (κ3) is 218. The van der Waals surface area contributed by atoms with Crippen LogP contribution < -0.4 is 78.1 Å². The number of rotatable bonds is 16. The summed E-state index contributed by atoms with van der Waals surface area (Å²) in [5.41, 5.74) is 0. The molecule has 0 aromatic carbocycles. The van der Waals surface area contributed by atoms with Crippen LogP contribution in [0.15, 0.2) is 47.3 Å². The van der Waals surface area contributed by atoms with E-state index in [-0.39, 0.29) is 141 Å². The summed E-state index contributed by atoms with van der Waals surface area (Å²) in [6.45, 7) is 15.5. The van der Waals surface area contributed by atoms with Gasteiger partial charge in [-0.3, -0.25) is 19.2 Å². The predicted octanol–water partition coefficient (Wildman–Crippen LogP) is -16.2. The normalized spacial score (nSPS) is 11.1. The molecule has 0 aliphatic carbocycles. The zero-order valence-corrected chi connectivity index (χ0v) is 45.9. The van der Waals surface area contributed by atoms with E-state index in [1.807, 2.05) is 0 Å². The third-order valence-electron chi connectivity index (χ3n) is 4.30. The number of aliphatic hydroxyl groups is 4. The Morgan fingerprint density at radius 1 is 0.426 bits per heavy atom. The van der Waals surface area contributed by atoms with Gasteiger partial charge in [0.1, 0.15) is 0 Å². The number of halogens is 2. The smallest absolute Gasteiger partial charge is 0.876 e. The van der Waals surface area contributed by atoms with Crippen LogP contribution in [0.1, 0.15) is 69.2 Å². The van der Waals surface area contributed by atoms with E-state index in [9.17, 15) is 60.0 Å². The van der Waals surface area contributed by atoms with Crippen LogP contribution in [0.25, 0.3) is 0 Å². The van der Waals surface area contributed by atoms with Gasteiger partial charge in [-0.25, -0.2) is 37.3 Å². The molecular formula is C36H66Cl2Mn4N2O24. The fourth-order valence-electron chi connectivity index (χ4n) is 3.00. The third-order valence-corrected chi connectivity index (χ3v) is 4.30. The molecule has 406 valence electrons. The maximum Gasteiger partial charge on any atom is 3.00 e. The summed E-state index contributed by atoms with van der Waals surface area (Å²) in [4.78, 5) is 43.3. The van der Waals surface area contributed by atoms with Gasteiger partial charge in [0.05, 0.1) is 12.2 Å². The van der Waals surface area contributed by atoms with E-state index >= 15 is 0 Å². The fourth-order valence-corrected chi connectivity index (χ4v) is 3.00. The summed E-state index contributed by atoms with van der Waals surface area (Å²) < 4.78 is 67.9. The first-order chi connectivity index (χ1) is 28.9. The average molecular weight is 1200 g/mol. The Labute approximate surface area is 445 Å². The van der Waals surface area contributed by atoms with Crippen molar-refractivity contribution in [1.82, 2.24) is 9.80 Å². The topological polar surface area (TPSA) is 525 Å². The standard InChI is InChI=1S/2C7H15NO3.4C5H8O2.2CH4O.2ClHO4.4Mn/c2*1-7(11)6-8(2-4-9)3-5-10;4*1-4(6)3-5(2)7;2*1-2;2*2-1(3,4)5;;;;/h2*7,11H,2-6H2,1H3;4*3,6H,1-2H3;2*2H,1H3;2*(H,2,3,4,5);;;;/q2*-2;;;;;;;;;2*+2;2*+3/p-6/b;;4*4-3-;;;;;;;;/t2*7-;;;;;;;;;;;;/m10............/s1. The molecule has 0 aliphatic rings. The molecule has 2 radical (unpaired) electrons. The van der Waals surface area contributed by atoms with Crippen molar-refractivity contribution in [3.05, 3.63) is 47.3 Å². The first kappa shape index (κ1) is 104. The van der Waals surface area contributed by atoms with Gasteiger partial charge in [0.25, 0.3) is 0 Å². The monoisotopic (exact) mass is 1200 g/mol. The van der Waals surface area contributed by atoms with E-state index in [0.717, 1.165) is 38.5 Å². The van der Waals surface area contributed by atoms with Crippen LogP contribution >= 0.6 is 0 Å². The molecule has 32 heteroatoms. The Bertz CT molecular complexity index is 1030. The van der Waals surface area contributed by atoms with Crippen molar-refractivity contribution >= 4 is 23.1 Å². The molecule has 2 atom stereocenters. The van der Waals surface area contributed by atoms with Gasteiger partial charge in [-0.15, -0.1) is 70.0 Å². The van der Waals surface area contributed by atoms with Crippen molar-refractivity contribution in [3.8, 4) is 0 Å². The Balaban J connectivity index is -0.0000000406. The Kier molecular flexibility index (Phi) is 114. The molecule has 0 saturated carbocycles. The molecule has 0 bridgehead atoms. The molecular weight excluding hydrogens is 1140 g/mol. The van der Waals surface area contributed by atoms with Gasteiger partial charge in [-0.1, -0.05) is 27.7 Å². The predicted molar refractivity (Wildman–Crippen MR) is 190 cm³/mol. The summed E-state index contributed by atoms with van der Waals surface area (Å²) in [5.74, 6) is -1.50. The second-order valence-electron chi connectivity index (χ2n) is 11.3. The molecule has 0 unspecified atom stereocenters. The van der Waals surface area contributed by atoms with E-state index in [0.29, 0.717) is 39.3 Å². The van der Waals surface area contributed by atoms with Crippen molar-refractivity contribution in [1.29, 1.82) is 0 Å². The molecule has 0 spiro atoms. The molecule has 0 heterocycles. The Morgan fingerprint density at radius 3 is 0.588 bits per heavy atom. The number of hydrogen-bond donors (Lipinski definition) is 4. The second-order valence-corrected chi connectivity index (χ2v) is 12.8. The van der Waals surface area contributed by atoms with Gasteiger partial charge >= 0.3 is 68.3 Å². The van der Waals surface area contributed by atoms with Gasteiger partial charge < -0.3 is 71.1 Å². The number of nitrogens with zero attached hydrogens (tertiary/aromatic N) is 2. The van der Waals surface area contributed by atoms with Crippen LogP contribution in [-0.2, 0) is 87.5 Å². The van der Waals surface area contributed by atoms with Gasteiger partial charge in [0.2, 0.25) is 0 Å². The average Bonchev–Trinajstić information content (AvgIpc) is 3.04. The molecule has 0 aromatic heterocycles. The van der Waals surface area contributed by atoms with E-state index in [1.54, 1.807) is 23.6 Å². The molecule has 0 rings (SSSR count). The Hall–Kier alpha value is -1.22. The maximum atomic E-state index is 10.2. The van der Waals surface area contributed by atoms with Gasteiger partial charge in [0, 0.05) is 27.3 Å². The fraction of sp³-hybridized carbons (Fsp3) is 0.667. The van der Waals surface area contributed by atoms with Crippen LogP contribution in [-0.4, -0.2) is 145 Å². The number of allylic oxidation sites excluding steroid dienone is 8. The van der Waals surface area contributed by atoms with E-state index in [2.05, 4.69) is 0 Å². The van der Waals surface area contributed by atoms with Crippen molar-refractivity contribution in [3.63, 3.8) is 0 Å². The van der Waals surface area contributed by atoms with Crippen molar-refractivity contribution < 1.29 is 206 Å². The second kappa shape index (κ2) is 74.7. The molecule has 0 amide bonds. The summed E-state index contributed by atoms with van der Waals surface area (Å²) in [6.07, 6.45) is 3.29. The van der Waals surface area contributed by atoms with Crippen molar-refractivity contribution in [2.75, 3.05) is 79.9 Å². The molecule has 0 aromatic rings. The minimum absolute atomic E-state index is 0. The zero-order valence-electron chi connectivity index (χ0n) is 39.7. The molecule has 0 fully saturated rings. The summed E-state index contributed by atoms with van der Waals surface area (Å²) in [5, 5.41) is 112. The van der Waals surface area contributed by atoms with Crippen LogP contribution in [0.3, 0.4) is 0 Å². The molecule has 68 heavy (non-hydrogen) atoms. The molecule has 0 aliphatic heterocycles. The minimum atomic E-state index is -4.94. The van der Waals surface area contributed by atoms with Gasteiger partial charge in [-0.2, -0.15) is 0 Å². The SMILES string of the molecule is CC(=O)/C=C(/C)[O-].CC(=O)/C=C(/C)[O-].CC(=O)/C=C(/C)[O-].CC(=O)/C=C(/C)[O-].CO.CO.C[C@@H](O)CN(CC[O-])CC[O-].C[C@H](O)CN(CC[O-])CC[O-].[Mn+2].[Mn+2].[Mn+3].[Mn+3].[O-][Cl+3]([O-])([O-])[O-].[O-][Cl+3]([O-])([O-])[O-]. The van der Waals surface area contributed by atoms with E-state index in [1.165, 1.54) is 55.4 Å². The largest absolute Gasteiger partial charge is 3.00 e. The van der Waals surface area contributed by atoms with Crippen LogP contribution in [0.5, 0.6) is 0 Å². The molecule has 0 saturated heterocycles. The molecule has 4 N–H and O–H groups in total. The first-order valence-corrected chi connectivity index (χ1v) is 20.1. The first-order valence-electron chi connectivity index (χ1n) is 17.6. The zero-order chi connectivity index (χ0) is 53.8. The summed E-state index contributed by atoms with van der Waals surface area (Å²) in [6, 6.07) is 0. The van der Waals surface area contributed by atoms with E-state index < -0.39 is 32.7 Å². The van der Waals surface area contributed by atoms with Crippen LogP contribution in [0, 0.1) is 20.5 Å².